The molecule has 2 rings (SSSR count). The molecule has 0 aliphatic carbocycles. The number of hydrogen-bond acceptors (Lipinski definition) is 4. The van der Waals surface area contributed by atoms with E-state index in [1.165, 1.54) is 12.7 Å². The van der Waals surface area contributed by atoms with Crippen LogP contribution < -0.4 is 5.32 Å². The summed E-state index contributed by atoms with van der Waals surface area (Å²) in [5, 5.41) is 3.55. The Bertz CT molecular complexity index is 537. The number of nitrogens with one attached hydrogen (secondary N) is 1. The molecule has 4 nitrogen and oxygen atoms in total. The number of nitrogens with zero attached hydrogens (tertiary/aromatic N) is 1. The highest BCUT2D eigenvalue weighted by molar-refractivity contribution is 7.90. The minimum Gasteiger partial charge on any atom is -0.309 e. The van der Waals surface area contributed by atoms with Gasteiger partial charge in [-0.15, -0.1) is 0 Å². The first-order valence-corrected chi connectivity index (χ1v) is 9.02. The third-order valence-corrected chi connectivity index (χ3v) is 5.02. The number of likely N-dealkylation sites (tertiary alicyclic amines) is 1. The second-order valence-electron chi connectivity index (χ2n) is 5.87. The molecule has 1 saturated heterocycles. The Morgan fingerprint density at radius 3 is 2.45 bits per heavy atom. The highest BCUT2D eigenvalue weighted by Gasteiger charge is 2.23. The molecule has 1 aliphatic heterocycles. The molecule has 0 amide bonds. The number of hydrogen-bond donors (Lipinski definition) is 1. The van der Waals surface area contributed by atoms with Crippen LogP contribution in [0.4, 0.5) is 0 Å². The Kier molecular flexibility index (Phi) is 4.83. The van der Waals surface area contributed by atoms with Crippen LogP contribution in [-0.4, -0.2) is 44.7 Å². The molecule has 1 atom stereocenters. The summed E-state index contributed by atoms with van der Waals surface area (Å²) in [5.41, 5.74) is 1.13. The van der Waals surface area contributed by atoms with Gasteiger partial charge in [-0.05, 0) is 44.5 Å². The Morgan fingerprint density at radius 1 is 1.30 bits per heavy atom. The predicted octanol–water partition coefficient (Wildman–Crippen LogP) is 1.66. The molecule has 1 heterocycles. The van der Waals surface area contributed by atoms with Crippen molar-refractivity contribution >= 4 is 9.84 Å². The van der Waals surface area contributed by atoms with Crippen LogP contribution in [-0.2, 0) is 16.4 Å². The van der Waals surface area contributed by atoms with Crippen molar-refractivity contribution in [1.82, 2.24) is 10.2 Å². The average molecular weight is 296 g/mol. The van der Waals surface area contributed by atoms with E-state index in [1.54, 1.807) is 12.1 Å². The SMILES string of the molecule is CC(C)N1CCC(NCc2ccc(S(C)(=O)=O)cc2)C1. The molecule has 1 aliphatic rings. The fourth-order valence-corrected chi connectivity index (χ4v) is 3.17. The van der Waals surface area contributed by atoms with Gasteiger partial charge in [-0.25, -0.2) is 8.42 Å². The van der Waals surface area contributed by atoms with Crippen molar-refractivity contribution in [3.8, 4) is 0 Å². The molecule has 1 aromatic carbocycles. The van der Waals surface area contributed by atoms with Crippen molar-refractivity contribution in [2.24, 2.45) is 0 Å². The van der Waals surface area contributed by atoms with Gasteiger partial charge in [0.2, 0.25) is 0 Å². The normalized spacial score (nSPS) is 20.7. The van der Waals surface area contributed by atoms with Crippen molar-refractivity contribution in [2.75, 3.05) is 19.3 Å². The van der Waals surface area contributed by atoms with Crippen LogP contribution >= 0.6 is 0 Å². The molecule has 1 unspecified atom stereocenters. The third kappa shape index (κ3) is 4.04. The summed E-state index contributed by atoms with van der Waals surface area (Å²) in [4.78, 5) is 2.86. The Hall–Kier alpha value is -0.910. The number of sulfone groups is 1. The van der Waals surface area contributed by atoms with Crippen molar-refractivity contribution in [1.29, 1.82) is 0 Å². The molecule has 5 heteroatoms. The van der Waals surface area contributed by atoms with Gasteiger partial charge in [0.25, 0.3) is 0 Å². The summed E-state index contributed by atoms with van der Waals surface area (Å²) < 4.78 is 22.8. The van der Waals surface area contributed by atoms with Crippen molar-refractivity contribution < 1.29 is 8.42 Å². The van der Waals surface area contributed by atoms with Crippen LogP contribution in [0.1, 0.15) is 25.8 Å². The van der Waals surface area contributed by atoms with Crippen LogP contribution in [0, 0.1) is 0 Å². The zero-order chi connectivity index (χ0) is 14.8. The summed E-state index contributed by atoms with van der Waals surface area (Å²) in [6, 6.07) is 8.28. The zero-order valence-electron chi connectivity index (χ0n) is 12.5. The van der Waals surface area contributed by atoms with E-state index in [-0.39, 0.29) is 0 Å². The second-order valence-corrected chi connectivity index (χ2v) is 7.89. The van der Waals surface area contributed by atoms with Gasteiger partial charge >= 0.3 is 0 Å². The molecular formula is C15H24N2O2S. The third-order valence-electron chi connectivity index (χ3n) is 3.90. The molecule has 0 bridgehead atoms. The molecular weight excluding hydrogens is 272 g/mol. The van der Waals surface area contributed by atoms with Gasteiger partial charge < -0.3 is 5.32 Å². The number of benzene rings is 1. The minimum absolute atomic E-state index is 0.382. The van der Waals surface area contributed by atoms with E-state index in [9.17, 15) is 8.42 Å². The molecule has 0 saturated carbocycles. The maximum atomic E-state index is 11.4. The minimum atomic E-state index is -3.09. The van der Waals surface area contributed by atoms with Crippen molar-refractivity contribution in [2.45, 2.75) is 43.8 Å². The molecule has 0 spiro atoms. The first kappa shape index (κ1) is 15.5. The van der Waals surface area contributed by atoms with Gasteiger partial charge in [0.1, 0.15) is 0 Å². The molecule has 1 fully saturated rings. The fraction of sp³-hybridized carbons (Fsp3) is 0.600. The van der Waals surface area contributed by atoms with Crippen molar-refractivity contribution in [3.63, 3.8) is 0 Å². The van der Waals surface area contributed by atoms with Gasteiger partial charge in [-0.1, -0.05) is 12.1 Å². The van der Waals surface area contributed by atoms with Crippen LogP contribution in [0.25, 0.3) is 0 Å². The van der Waals surface area contributed by atoms with Crippen LogP contribution in [0.15, 0.2) is 29.2 Å². The lowest BCUT2D eigenvalue weighted by Gasteiger charge is -2.20. The molecule has 0 aromatic heterocycles. The van der Waals surface area contributed by atoms with Crippen LogP contribution in [0.3, 0.4) is 0 Å². The number of rotatable bonds is 5. The summed E-state index contributed by atoms with van der Waals surface area (Å²) in [6.07, 6.45) is 2.42. The zero-order valence-corrected chi connectivity index (χ0v) is 13.3. The van der Waals surface area contributed by atoms with Gasteiger partial charge in [-0.2, -0.15) is 0 Å². The quantitative estimate of drug-likeness (QED) is 0.898. The second kappa shape index (κ2) is 6.24. The monoisotopic (exact) mass is 296 g/mol. The highest BCUT2D eigenvalue weighted by Crippen LogP contribution is 2.14. The van der Waals surface area contributed by atoms with Crippen molar-refractivity contribution in [3.05, 3.63) is 29.8 Å². The highest BCUT2D eigenvalue weighted by atomic mass is 32.2. The maximum Gasteiger partial charge on any atom is 0.175 e. The fourth-order valence-electron chi connectivity index (χ4n) is 2.54. The largest absolute Gasteiger partial charge is 0.309 e. The van der Waals surface area contributed by atoms with E-state index in [2.05, 4.69) is 24.1 Å². The van der Waals surface area contributed by atoms with E-state index in [0.717, 1.165) is 25.2 Å². The smallest absolute Gasteiger partial charge is 0.175 e. The van der Waals surface area contributed by atoms with Crippen LogP contribution in [0.5, 0.6) is 0 Å². The summed E-state index contributed by atoms with van der Waals surface area (Å²) in [5.74, 6) is 0. The lowest BCUT2D eigenvalue weighted by Crippen LogP contribution is -2.34. The summed E-state index contributed by atoms with van der Waals surface area (Å²) in [7, 11) is -3.09. The molecule has 0 radical (unpaired) electrons. The van der Waals surface area contributed by atoms with E-state index in [4.69, 9.17) is 0 Å². The van der Waals surface area contributed by atoms with E-state index in [0.29, 0.717) is 17.0 Å². The Labute approximate surface area is 122 Å². The Morgan fingerprint density at radius 2 is 1.95 bits per heavy atom. The first-order valence-electron chi connectivity index (χ1n) is 7.12. The summed E-state index contributed by atoms with van der Waals surface area (Å²) in [6.45, 7) is 7.50. The van der Waals surface area contributed by atoms with Gasteiger partial charge in [0.15, 0.2) is 9.84 Å². The van der Waals surface area contributed by atoms with E-state index < -0.39 is 9.84 Å². The molecule has 112 valence electrons. The first-order chi connectivity index (χ1) is 9.36. The van der Waals surface area contributed by atoms with E-state index >= 15 is 0 Å². The van der Waals surface area contributed by atoms with Gasteiger partial charge in [0, 0.05) is 31.4 Å². The summed E-state index contributed by atoms with van der Waals surface area (Å²) >= 11 is 0. The Balaban J connectivity index is 1.86. The van der Waals surface area contributed by atoms with Gasteiger partial charge in [-0.3, -0.25) is 4.90 Å². The van der Waals surface area contributed by atoms with Crippen LogP contribution in [0.2, 0.25) is 0 Å². The standard InChI is InChI=1S/C15H24N2O2S/c1-12(2)17-9-8-14(11-17)16-10-13-4-6-15(7-5-13)20(3,18)19/h4-7,12,14,16H,8-11H2,1-3H3. The molecule has 1 aromatic rings. The topological polar surface area (TPSA) is 49.4 Å². The van der Waals surface area contributed by atoms with Gasteiger partial charge in [0.05, 0.1) is 4.90 Å². The van der Waals surface area contributed by atoms with E-state index in [1.807, 2.05) is 12.1 Å². The predicted molar refractivity (Wildman–Crippen MR) is 81.5 cm³/mol. The lowest BCUT2D eigenvalue weighted by atomic mass is 10.2. The lowest BCUT2D eigenvalue weighted by molar-refractivity contribution is 0.268. The molecule has 20 heavy (non-hydrogen) atoms. The maximum absolute atomic E-state index is 11.4. The average Bonchev–Trinajstić information content (AvgIpc) is 2.85. The molecule has 1 N–H and O–H groups in total.